The first-order valence-corrected chi connectivity index (χ1v) is 4.66. The Morgan fingerprint density at radius 2 is 2.13 bits per heavy atom. The Balaban J connectivity index is 2.46. The van der Waals surface area contributed by atoms with Gasteiger partial charge in [0.1, 0.15) is 0 Å². The second-order valence-electron chi connectivity index (χ2n) is 3.55. The van der Waals surface area contributed by atoms with Crippen molar-refractivity contribution in [3.8, 4) is 11.1 Å². The Kier molecular flexibility index (Phi) is 2.33. The summed E-state index contributed by atoms with van der Waals surface area (Å²) < 4.78 is 4.83. The molecule has 0 unspecified atom stereocenters. The van der Waals surface area contributed by atoms with Crippen LogP contribution in [0.25, 0.3) is 11.1 Å². The number of nitrogens with zero attached hydrogens (tertiary/aromatic N) is 2. The van der Waals surface area contributed by atoms with Crippen molar-refractivity contribution in [2.24, 2.45) is 0 Å². The summed E-state index contributed by atoms with van der Waals surface area (Å²) in [7, 11) is 3.99. The first-order chi connectivity index (χ1) is 7.18. The summed E-state index contributed by atoms with van der Waals surface area (Å²) in [5, 5.41) is 3.66. The average molecular weight is 203 g/mol. The number of benzene rings is 1. The number of rotatable bonds is 2. The van der Waals surface area contributed by atoms with Crippen LogP contribution in [0.15, 0.2) is 35.0 Å². The van der Waals surface area contributed by atoms with E-state index >= 15 is 0 Å². The predicted octanol–water partition coefficient (Wildman–Crippen LogP) is 1.99. The van der Waals surface area contributed by atoms with Crippen molar-refractivity contribution in [3.05, 3.63) is 30.5 Å². The minimum atomic E-state index is 0.353. The van der Waals surface area contributed by atoms with E-state index in [1.807, 2.05) is 43.3 Å². The lowest BCUT2D eigenvalue weighted by molar-refractivity contribution is 0.436. The number of aromatic nitrogens is 1. The van der Waals surface area contributed by atoms with Crippen LogP contribution >= 0.6 is 0 Å². The normalized spacial score (nSPS) is 10.3. The highest BCUT2D eigenvalue weighted by Gasteiger charge is 2.07. The predicted molar refractivity (Wildman–Crippen MR) is 60.7 cm³/mol. The highest BCUT2D eigenvalue weighted by atomic mass is 16.5. The maximum Gasteiger partial charge on any atom is 0.229 e. The van der Waals surface area contributed by atoms with Crippen molar-refractivity contribution in [1.29, 1.82) is 0 Å². The molecule has 2 N–H and O–H groups in total. The van der Waals surface area contributed by atoms with Crippen molar-refractivity contribution < 1.29 is 4.52 Å². The standard InChI is InChI=1S/C11H13N3O/c1-14(2)9-5-3-4-8(6-9)10-7-13-15-11(10)12/h3-7H,12H2,1-2H3. The fourth-order valence-corrected chi connectivity index (χ4v) is 1.42. The molecule has 1 heterocycles. The molecule has 0 atom stereocenters. The van der Waals surface area contributed by atoms with E-state index < -0.39 is 0 Å². The first kappa shape index (κ1) is 9.58. The van der Waals surface area contributed by atoms with Crippen LogP contribution in [0.2, 0.25) is 0 Å². The van der Waals surface area contributed by atoms with E-state index in [1.165, 1.54) is 0 Å². The molecule has 0 saturated carbocycles. The molecule has 15 heavy (non-hydrogen) atoms. The minimum Gasteiger partial charge on any atom is -0.378 e. The first-order valence-electron chi connectivity index (χ1n) is 4.66. The Bertz CT molecular complexity index is 462. The van der Waals surface area contributed by atoms with E-state index in [9.17, 15) is 0 Å². The summed E-state index contributed by atoms with van der Waals surface area (Å²) in [4.78, 5) is 2.03. The number of hydrogen-bond donors (Lipinski definition) is 1. The molecule has 0 radical (unpaired) electrons. The van der Waals surface area contributed by atoms with Crippen molar-refractivity contribution in [2.75, 3.05) is 24.7 Å². The summed E-state index contributed by atoms with van der Waals surface area (Å²) >= 11 is 0. The largest absolute Gasteiger partial charge is 0.378 e. The van der Waals surface area contributed by atoms with Crippen LogP contribution < -0.4 is 10.6 Å². The molecule has 0 aliphatic carbocycles. The van der Waals surface area contributed by atoms with Gasteiger partial charge in [-0.3, -0.25) is 0 Å². The van der Waals surface area contributed by atoms with Gasteiger partial charge in [0.2, 0.25) is 5.88 Å². The average Bonchev–Trinajstić information content (AvgIpc) is 2.64. The summed E-state index contributed by atoms with van der Waals surface area (Å²) in [6, 6.07) is 8.04. The van der Waals surface area contributed by atoms with E-state index in [2.05, 4.69) is 5.16 Å². The Hall–Kier alpha value is -1.97. The van der Waals surface area contributed by atoms with Crippen LogP contribution in [0.4, 0.5) is 11.6 Å². The zero-order chi connectivity index (χ0) is 10.8. The van der Waals surface area contributed by atoms with Crippen LogP contribution in [-0.4, -0.2) is 19.3 Å². The fraction of sp³-hybridized carbons (Fsp3) is 0.182. The minimum absolute atomic E-state index is 0.353. The molecule has 0 aliphatic heterocycles. The summed E-state index contributed by atoms with van der Waals surface area (Å²) in [5.41, 5.74) is 8.62. The number of nitrogen functional groups attached to an aromatic ring is 1. The van der Waals surface area contributed by atoms with Gasteiger partial charge in [0.05, 0.1) is 11.8 Å². The van der Waals surface area contributed by atoms with E-state index in [-0.39, 0.29) is 0 Å². The second kappa shape index (κ2) is 3.65. The molecular weight excluding hydrogens is 190 g/mol. The van der Waals surface area contributed by atoms with Crippen molar-refractivity contribution >= 4 is 11.6 Å². The van der Waals surface area contributed by atoms with E-state index in [1.54, 1.807) is 6.20 Å². The Morgan fingerprint density at radius 1 is 1.33 bits per heavy atom. The third-order valence-electron chi connectivity index (χ3n) is 2.27. The van der Waals surface area contributed by atoms with Crippen molar-refractivity contribution in [1.82, 2.24) is 5.16 Å². The Labute approximate surface area is 88.3 Å². The van der Waals surface area contributed by atoms with E-state index in [0.717, 1.165) is 16.8 Å². The highest BCUT2D eigenvalue weighted by molar-refractivity contribution is 5.74. The van der Waals surface area contributed by atoms with Crippen molar-refractivity contribution in [2.45, 2.75) is 0 Å². The molecule has 0 amide bonds. The molecule has 78 valence electrons. The van der Waals surface area contributed by atoms with Crippen LogP contribution in [-0.2, 0) is 0 Å². The summed E-state index contributed by atoms with van der Waals surface area (Å²) in [6.45, 7) is 0. The van der Waals surface area contributed by atoms with Crippen LogP contribution in [0, 0.1) is 0 Å². The van der Waals surface area contributed by atoms with E-state index in [0.29, 0.717) is 5.88 Å². The van der Waals surface area contributed by atoms with Crippen LogP contribution in [0.1, 0.15) is 0 Å². The van der Waals surface area contributed by atoms with E-state index in [4.69, 9.17) is 10.3 Å². The van der Waals surface area contributed by atoms with Gasteiger partial charge >= 0.3 is 0 Å². The van der Waals surface area contributed by atoms with Crippen LogP contribution in [0.5, 0.6) is 0 Å². The number of nitrogens with two attached hydrogens (primary N) is 1. The molecule has 0 bridgehead atoms. The highest BCUT2D eigenvalue weighted by Crippen LogP contribution is 2.27. The lowest BCUT2D eigenvalue weighted by Crippen LogP contribution is -2.08. The SMILES string of the molecule is CN(C)c1cccc(-c2cnoc2N)c1. The zero-order valence-electron chi connectivity index (χ0n) is 8.77. The third-order valence-corrected chi connectivity index (χ3v) is 2.27. The fourth-order valence-electron chi connectivity index (χ4n) is 1.42. The van der Waals surface area contributed by atoms with Gasteiger partial charge in [-0.2, -0.15) is 0 Å². The molecule has 4 heteroatoms. The summed E-state index contributed by atoms with van der Waals surface area (Å²) in [6.07, 6.45) is 1.63. The molecule has 1 aromatic heterocycles. The molecule has 4 nitrogen and oxygen atoms in total. The van der Waals surface area contributed by atoms with Gasteiger partial charge in [-0.1, -0.05) is 17.3 Å². The monoisotopic (exact) mass is 203 g/mol. The van der Waals surface area contributed by atoms with Crippen LogP contribution in [0.3, 0.4) is 0 Å². The second-order valence-corrected chi connectivity index (χ2v) is 3.55. The van der Waals surface area contributed by atoms with Gasteiger partial charge in [0, 0.05) is 19.8 Å². The lowest BCUT2D eigenvalue weighted by atomic mass is 10.1. The number of hydrogen-bond acceptors (Lipinski definition) is 4. The molecule has 0 aliphatic rings. The third kappa shape index (κ3) is 1.79. The van der Waals surface area contributed by atoms with Gasteiger partial charge in [-0.15, -0.1) is 0 Å². The molecule has 0 spiro atoms. The quantitative estimate of drug-likeness (QED) is 0.811. The van der Waals surface area contributed by atoms with Gasteiger partial charge in [0.15, 0.2) is 0 Å². The molecule has 1 aromatic carbocycles. The molecular formula is C11H13N3O. The Morgan fingerprint density at radius 3 is 2.73 bits per heavy atom. The van der Waals surface area contributed by atoms with Gasteiger partial charge in [0.25, 0.3) is 0 Å². The molecule has 0 saturated heterocycles. The molecule has 2 aromatic rings. The summed E-state index contributed by atoms with van der Waals surface area (Å²) in [5.74, 6) is 0.353. The number of anilines is 2. The topological polar surface area (TPSA) is 55.3 Å². The smallest absolute Gasteiger partial charge is 0.229 e. The van der Waals surface area contributed by atoms with Gasteiger partial charge < -0.3 is 15.2 Å². The van der Waals surface area contributed by atoms with Gasteiger partial charge in [-0.25, -0.2) is 0 Å². The van der Waals surface area contributed by atoms with Gasteiger partial charge in [-0.05, 0) is 17.7 Å². The lowest BCUT2D eigenvalue weighted by Gasteiger charge is -2.12. The molecule has 0 fully saturated rings. The zero-order valence-corrected chi connectivity index (χ0v) is 8.77. The maximum absolute atomic E-state index is 5.66. The van der Waals surface area contributed by atoms with Crippen molar-refractivity contribution in [3.63, 3.8) is 0 Å². The maximum atomic E-state index is 5.66. The molecule has 2 rings (SSSR count).